The van der Waals surface area contributed by atoms with E-state index in [0.717, 1.165) is 53.2 Å². The molecule has 5 heterocycles. The number of pyridine rings is 2. The number of methoxy groups -OCH3 is 1. The van der Waals surface area contributed by atoms with Crippen LogP contribution in [-0.4, -0.2) is 57.8 Å². The highest BCUT2D eigenvalue weighted by molar-refractivity contribution is 5.90. The Hall–Kier alpha value is -4.05. The molecule has 0 saturated carbocycles. The number of ether oxygens (including phenoxy) is 1. The lowest BCUT2D eigenvalue weighted by Crippen LogP contribution is -2.29. The number of fused-ring (bicyclic) bond motifs is 3. The molecule has 37 heavy (non-hydrogen) atoms. The van der Waals surface area contributed by atoms with Gasteiger partial charge in [-0.2, -0.15) is 5.10 Å². The minimum atomic E-state index is -0.345. The largest absolute Gasteiger partial charge is 0.383 e. The number of aromatic nitrogens is 4. The first kappa shape index (κ1) is 23.4. The highest BCUT2D eigenvalue weighted by Gasteiger charge is 2.24. The summed E-state index contributed by atoms with van der Waals surface area (Å²) in [5.41, 5.74) is 5.44. The van der Waals surface area contributed by atoms with Crippen LogP contribution in [-0.2, 0) is 22.5 Å². The van der Waals surface area contributed by atoms with Gasteiger partial charge >= 0.3 is 0 Å². The van der Waals surface area contributed by atoms with Gasteiger partial charge in [-0.15, -0.1) is 0 Å². The van der Waals surface area contributed by atoms with Crippen molar-refractivity contribution < 1.29 is 13.9 Å². The minimum absolute atomic E-state index is 0.0279. The Kier molecular flexibility index (Phi) is 5.75. The first-order valence-electron chi connectivity index (χ1n) is 12.3. The van der Waals surface area contributed by atoms with Gasteiger partial charge in [-0.05, 0) is 48.1 Å². The molecule has 1 aromatic carbocycles. The fraction of sp³-hybridized carbons (Fsp3) is 0.333. The summed E-state index contributed by atoms with van der Waals surface area (Å²) in [7, 11) is 3.50. The van der Waals surface area contributed by atoms with E-state index < -0.39 is 0 Å². The highest BCUT2D eigenvalue weighted by Crippen LogP contribution is 2.38. The van der Waals surface area contributed by atoms with E-state index in [1.165, 1.54) is 12.3 Å². The van der Waals surface area contributed by atoms with Gasteiger partial charge in [0.05, 0.1) is 11.4 Å². The number of halogens is 1. The summed E-state index contributed by atoms with van der Waals surface area (Å²) < 4.78 is 22.5. The first-order chi connectivity index (χ1) is 17.9. The third kappa shape index (κ3) is 4.17. The van der Waals surface area contributed by atoms with Crippen molar-refractivity contribution in [3.8, 4) is 11.1 Å². The second-order valence-corrected chi connectivity index (χ2v) is 9.61. The van der Waals surface area contributed by atoms with E-state index in [-0.39, 0.29) is 24.4 Å². The van der Waals surface area contributed by atoms with Crippen molar-refractivity contribution in [2.75, 3.05) is 37.9 Å². The van der Waals surface area contributed by atoms with E-state index in [1.807, 2.05) is 25.1 Å². The summed E-state index contributed by atoms with van der Waals surface area (Å²) in [5.74, 6) is 0.831. The van der Waals surface area contributed by atoms with Crippen LogP contribution in [0.15, 0.2) is 36.7 Å². The number of likely N-dealkylation sites (N-methyl/N-ethyl adjacent to an activating group) is 1. The molecule has 0 fully saturated rings. The van der Waals surface area contributed by atoms with Crippen molar-refractivity contribution in [3.63, 3.8) is 0 Å². The number of rotatable bonds is 4. The number of carbonyl (C=O) groups excluding carboxylic acids is 1. The zero-order valence-corrected chi connectivity index (χ0v) is 21.0. The van der Waals surface area contributed by atoms with Crippen molar-refractivity contribution in [3.05, 3.63) is 59.4 Å². The monoisotopic (exact) mass is 501 g/mol. The van der Waals surface area contributed by atoms with E-state index in [1.54, 1.807) is 29.9 Å². The molecule has 0 saturated heterocycles. The van der Waals surface area contributed by atoms with Crippen LogP contribution in [0.4, 0.5) is 21.7 Å². The number of hydrogen-bond acceptors (Lipinski definition) is 7. The van der Waals surface area contributed by atoms with Gasteiger partial charge < -0.3 is 20.3 Å². The summed E-state index contributed by atoms with van der Waals surface area (Å²) in [5, 5.41) is 12.3. The van der Waals surface area contributed by atoms with Crippen molar-refractivity contribution in [1.29, 1.82) is 0 Å². The maximum Gasteiger partial charge on any atom is 0.244 e. The standard InChI is InChI=1S/C27H28FN7O2/c1-15-19(12-31-27-22(37-3)4-6-29-26(15)27)16-8-17-10-23(30-13-20(17)21(28)9-16)32-24-11-18-5-7-34(2)25(36)14-35(18)33-24/h8-13,22,29H,4-7,14H2,1-3H3,(H,30,32,33). The second-order valence-electron chi connectivity index (χ2n) is 9.61. The third-order valence-electron chi connectivity index (χ3n) is 7.30. The van der Waals surface area contributed by atoms with Crippen LogP contribution in [0.2, 0.25) is 0 Å². The Bertz CT molecular complexity index is 1530. The van der Waals surface area contributed by atoms with Gasteiger partial charge in [0.15, 0.2) is 5.82 Å². The van der Waals surface area contributed by atoms with Crippen molar-refractivity contribution in [2.45, 2.75) is 32.4 Å². The maximum absolute atomic E-state index is 15.2. The number of carbonyl (C=O) groups is 1. The Labute approximate surface area is 213 Å². The minimum Gasteiger partial charge on any atom is -0.383 e. The molecule has 0 spiro atoms. The number of hydrogen-bond donors (Lipinski definition) is 2. The molecule has 2 N–H and O–H groups in total. The average Bonchev–Trinajstić information content (AvgIpc) is 3.21. The zero-order chi connectivity index (χ0) is 25.7. The Morgan fingerprint density at radius 1 is 1.16 bits per heavy atom. The van der Waals surface area contributed by atoms with Gasteiger partial charge in [0.2, 0.25) is 5.91 Å². The fourth-order valence-electron chi connectivity index (χ4n) is 5.15. The smallest absolute Gasteiger partial charge is 0.244 e. The van der Waals surface area contributed by atoms with Crippen LogP contribution in [0.25, 0.3) is 21.9 Å². The molecule has 1 atom stereocenters. The molecule has 10 heteroatoms. The average molecular weight is 502 g/mol. The maximum atomic E-state index is 15.2. The molecule has 9 nitrogen and oxygen atoms in total. The quantitative estimate of drug-likeness (QED) is 0.433. The van der Waals surface area contributed by atoms with Gasteiger partial charge in [0.1, 0.15) is 24.3 Å². The molecule has 1 amide bonds. The van der Waals surface area contributed by atoms with E-state index in [4.69, 9.17) is 4.74 Å². The molecule has 0 aliphatic carbocycles. The van der Waals surface area contributed by atoms with Crippen LogP contribution in [0.1, 0.15) is 29.5 Å². The van der Waals surface area contributed by atoms with Crippen molar-refractivity contribution >= 4 is 34.0 Å². The van der Waals surface area contributed by atoms with Crippen LogP contribution in [0.3, 0.4) is 0 Å². The number of nitrogens with zero attached hydrogens (tertiary/aromatic N) is 5. The summed E-state index contributed by atoms with van der Waals surface area (Å²) >= 11 is 0. The molecule has 3 aromatic heterocycles. The lowest BCUT2D eigenvalue weighted by atomic mass is 9.95. The van der Waals surface area contributed by atoms with Crippen LogP contribution in [0, 0.1) is 12.7 Å². The molecule has 0 bridgehead atoms. The first-order valence-corrected chi connectivity index (χ1v) is 12.3. The van der Waals surface area contributed by atoms with E-state index in [0.29, 0.717) is 29.0 Å². The molecule has 190 valence electrons. The van der Waals surface area contributed by atoms with Crippen molar-refractivity contribution in [1.82, 2.24) is 24.6 Å². The second kappa shape index (κ2) is 9.11. The number of benzene rings is 1. The molecule has 2 aliphatic rings. The van der Waals surface area contributed by atoms with E-state index in [9.17, 15) is 4.79 Å². The summed E-state index contributed by atoms with van der Waals surface area (Å²) in [6, 6.07) is 7.23. The molecular weight excluding hydrogens is 473 g/mol. The van der Waals surface area contributed by atoms with Crippen LogP contribution in [0.5, 0.6) is 0 Å². The van der Waals surface area contributed by atoms with Gasteiger partial charge in [0, 0.05) is 68.8 Å². The molecule has 1 unspecified atom stereocenters. The Morgan fingerprint density at radius 3 is 2.86 bits per heavy atom. The number of nitrogens with one attached hydrogen (secondary N) is 2. The summed E-state index contributed by atoms with van der Waals surface area (Å²) in [6.45, 7) is 3.68. The highest BCUT2D eigenvalue weighted by atomic mass is 19.1. The van der Waals surface area contributed by atoms with E-state index in [2.05, 4.69) is 25.7 Å². The SMILES string of the molecule is COC1CCNc2c1ncc(-c1cc(F)c3cnc(Nc4cc5n(n4)CC(=O)N(C)CC5)cc3c1)c2C. The Morgan fingerprint density at radius 2 is 2.03 bits per heavy atom. The number of amides is 1. The number of anilines is 3. The molecule has 6 rings (SSSR count). The summed E-state index contributed by atoms with van der Waals surface area (Å²) in [6.07, 6.45) is 4.86. The lowest BCUT2D eigenvalue weighted by molar-refractivity contribution is -0.130. The normalized spacial score (nSPS) is 17.2. The lowest BCUT2D eigenvalue weighted by Gasteiger charge is -2.27. The molecular formula is C27H28FN7O2. The van der Waals surface area contributed by atoms with Gasteiger partial charge in [0.25, 0.3) is 0 Å². The zero-order valence-electron chi connectivity index (χ0n) is 21.0. The topological polar surface area (TPSA) is 97.2 Å². The van der Waals surface area contributed by atoms with Crippen LogP contribution >= 0.6 is 0 Å². The van der Waals surface area contributed by atoms with E-state index >= 15 is 4.39 Å². The third-order valence-corrected chi connectivity index (χ3v) is 7.30. The predicted octanol–water partition coefficient (Wildman–Crippen LogP) is 4.20. The van der Waals surface area contributed by atoms with Gasteiger partial charge in [-0.25, -0.2) is 9.37 Å². The molecule has 4 aromatic rings. The molecule has 0 radical (unpaired) electrons. The van der Waals surface area contributed by atoms with Crippen LogP contribution < -0.4 is 10.6 Å². The molecule has 2 aliphatic heterocycles. The Balaban J connectivity index is 1.33. The van der Waals surface area contributed by atoms with Gasteiger partial charge in [-0.3, -0.25) is 14.5 Å². The van der Waals surface area contributed by atoms with Gasteiger partial charge in [-0.1, -0.05) is 0 Å². The fourth-order valence-corrected chi connectivity index (χ4v) is 5.15. The van der Waals surface area contributed by atoms with Crippen molar-refractivity contribution in [2.24, 2.45) is 0 Å². The summed E-state index contributed by atoms with van der Waals surface area (Å²) in [4.78, 5) is 23.0. The predicted molar refractivity (Wildman–Crippen MR) is 139 cm³/mol.